The van der Waals surface area contributed by atoms with Crippen molar-refractivity contribution in [2.24, 2.45) is 17.2 Å². The molecule has 9 heteroatoms. The molecule has 0 aliphatic carbocycles. The van der Waals surface area contributed by atoms with Crippen molar-refractivity contribution in [1.29, 1.82) is 0 Å². The average molecular weight is 261 g/mol. The second kappa shape index (κ2) is 6.07. The summed E-state index contributed by atoms with van der Waals surface area (Å²) < 4.78 is 0. The van der Waals surface area contributed by atoms with Gasteiger partial charge >= 0.3 is 11.9 Å². The highest BCUT2D eigenvalue weighted by Crippen LogP contribution is 2.14. The molecule has 0 radical (unpaired) electrons. The molecule has 0 heterocycles. The van der Waals surface area contributed by atoms with Crippen LogP contribution in [0.2, 0.25) is 0 Å². The number of carbonyl (C=O) groups excluding carboxylic acids is 2. The number of nitrogens with two attached hydrogens (primary N) is 3. The normalized spacial score (nSPS) is 15.4. The van der Waals surface area contributed by atoms with Crippen LogP contribution in [-0.4, -0.2) is 45.4 Å². The van der Waals surface area contributed by atoms with Gasteiger partial charge in [0.2, 0.25) is 5.91 Å². The summed E-state index contributed by atoms with van der Waals surface area (Å²) in [5.74, 6) is -5.03. The van der Waals surface area contributed by atoms with E-state index in [4.69, 9.17) is 27.4 Å². The molecule has 0 aliphatic rings. The van der Waals surface area contributed by atoms with Crippen LogP contribution in [0.1, 0.15) is 19.3 Å². The predicted molar refractivity (Wildman–Crippen MR) is 58.2 cm³/mol. The Morgan fingerprint density at radius 1 is 1.17 bits per heavy atom. The third kappa shape index (κ3) is 4.11. The fraction of sp³-hybridized carbons (Fsp3) is 0.556. The van der Waals surface area contributed by atoms with Crippen LogP contribution in [0.3, 0.4) is 0 Å². The second-order valence-electron chi connectivity index (χ2n) is 3.81. The van der Waals surface area contributed by atoms with Gasteiger partial charge in [0.15, 0.2) is 11.3 Å². The summed E-state index contributed by atoms with van der Waals surface area (Å²) >= 11 is 0. The van der Waals surface area contributed by atoms with E-state index < -0.39 is 54.5 Å². The third-order valence-corrected chi connectivity index (χ3v) is 2.32. The average Bonchev–Trinajstić information content (AvgIpc) is 2.23. The SMILES string of the molecule is NC(=O)CC[C@](N)(C(=O)O)C(=O)[C@@H](N)CC(=O)O. The van der Waals surface area contributed by atoms with Crippen LogP contribution in [0.15, 0.2) is 0 Å². The largest absolute Gasteiger partial charge is 0.481 e. The van der Waals surface area contributed by atoms with E-state index in [2.05, 4.69) is 0 Å². The minimum Gasteiger partial charge on any atom is -0.481 e. The van der Waals surface area contributed by atoms with E-state index in [-0.39, 0.29) is 0 Å². The number of ketones is 1. The molecule has 102 valence electrons. The minimum atomic E-state index is -2.41. The molecule has 0 aromatic carbocycles. The van der Waals surface area contributed by atoms with Crippen LogP contribution >= 0.6 is 0 Å². The Hall–Kier alpha value is -2.00. The molecule has 0 saturated carbocycles. The summed E-state index contributed by atoms with van der Waals surface area (Å²) in [6.45, 7) is 0. The molecule has 9 nitrogen and oxygen atoms in total. The van der Waals surface area contributed by atoms with Gasteiger partial charge in [-0.15, -0.1) is 0 Å². The number of Topliss-reactive ketones (excluding diaryl/α,β-unsaturated/α-hetero) is 1. The van der Waals surface area contributed by atoms with Crippen molar-refractivity contribution in [3.05, 3.63) is 0 Å². The molecule has 0 saturated heterocycles. The van der Waals surface area contributed by atoms with E-state index in [0.29, 0.717) is 0 Å². The molecule has 0 rings (SSSR count). The van der Waals surface area contributed by atoms with Crippen LogP contribution in [0.4, 0.5) is 0 Å². The van der Waals surface area contributed by atoms with E-state index in [1.807, 2.05) is 0 Å². The van der Waals surface area contributed by atoms with Gasteiger partial charge in [-0.1, -0.05) is 0 Å². The Morgan fingerprint density at radius 2 is 1.67 bits per heavy atom. The summed E-state index contributed by atoms with van der Waals surface area (Å²) in [4.78, 5) is 43.6. The maximum atomic E-state index is 11.7. The van der Waals surface area contributed by atoms with Gasteiger partial charge < -0.3 is 27.4 Å². The number of carbonyl (C=O) groups is 4. The van der Waals surface area contributed by atoms with Crippen LogP contribution in [0, 0.1) is 0 Å². The number of hydrogen-bond donors (Lipinski definition) is 5. The third-order valence-electron chi connectivity index (χ3n) is 2.32. The molecule has 8 N–H and O–H groups in total. The van der Waals surface area contributed by atoms with Gasteiger partial charge in [-0.2, -0.15) is 0 Å². The number of rotatable bonds is 8. The summed E-state index contributed by atoms with van der Waals surface area (Å²) in [6.07, 6.45) is -1.71. The molecule has 0 aromatic rings. The van der Waals surface area contributed by atoms with Crippen molar-refractivity contribution in [3.63, 3.8) is 0 Å². The zero-order valence-electron chi connectivity index (χ0n) is 9.46. The van der Waals surface area contributed by atoms with Crippen molar-refractivity contribution >= 4 is 23.6 Å². The van der Waals surface area contributed by atoms with Gasteiger partial charge in [-0.25, -0.2) is 4.79 Å². The Morgan fingerprint density at radius 3 is 2.00 bits per heavy atom. The zero-order chi connectivity index (χ0) is 14.5. The summed E-state index contributed by atoms with van der Waals surface area (Å²) in [5, 5.41) is 17.4. The van der Waals surface area contributed by atoms with Gasteiger partial charge in [0.25, 0.3) is 0 Å². The molecular formula is C9H15N3O6. The molecule has 1 amide bonds. The first kappa shape index (κ1) is 16.0. The lowest BCUT2D eigenvalue weighted by molar-refractivity contribution is -0.150. The lowest BCUT2D eigenvalue weighted by atomic mass is 9.85. The first-order valence-electron chi connectivity index (χ1n) is 4.93. The van der Waals surface area contributed by atoms with Crippen molar-refractivity contribution in [3.8, 4) is 0 Å². The lowest BCUT2D eigenvalue weighted by Gasteiger charge is -2.25. The van der Waals surface area contributed by atoms with Crippen LogP contribution < -0.4 is 17.2 Å². The van der Waals surface area contributed by atoms with Crippen molar-refractivity contribution in [1.82, 2.24) is 0 Å². The number of carboxylic acid groups (broad SMARTS) is 2. The summed E-state index contributed by atoms with van der Waals surface area (Å²) in [5.41, 5.74) is 13.1. The summed E-state index contributed by atoms with van der Waals surface area (Å²) in [6, 6.07) is -1.56. The molecule has 2 atom stereocenters. The fourth-order valence-corrected chi connectivity index (χ4v) is 1.27. The van der Waals surface area contributed by atoms with E-state index in [0.717, 1.165) is 0 Å². The molecule has 0 fully saturated rings. The topological polar surface area (TPSA) is 187 Å². The Labute approximate surface area is 102 Å². The van der Waals surface area contributed by atoms with Gasteiger partial charge in [-0.05, 0) is 6.42 Å². The van der Waals surface area contributed by atoms with Gasteiger partial charge in [0.05, 0.1) is 12.5 Å². The number of amides is 1. The van der Waals surface area contributed by atoms with Crippen LogP contribution in [0.5, 0.6) is 0 Å². The zero-order valence-corrected chi connectivity index (χ0v) is 9.46. The Bertz CT molecular complexity index is 382. The number of aliphatic carboxylic acids is 2. The smallest absolute Gasteiger partial charge is 0.331 e. The van der Waals surface area contributed by atoms with Crippen LogP contribution in [-0.2, 0) is 19.2 Å². The quantitative estimate of drug-likeness (QED) is 0.294. The first-order valence-corrected chi connectivity index (χ1v) is 4.93. The Kier molecular flexibility index (Phi) is 5.40. The number of primary amides is 1. The molecule has 0 aromatic heterocycles. The van der Waals surface area contributed by atoms with Crippen LogP contribution in [0.25, 0.3) is 0 Å². The van der Waals surface area contributed by atoms with Gasteiger partial charge in [-0.3, -0.25) is 14.4 Å². The molecule has 0 aliphatic heterocycles. The van der Waals surface area contributed by atoms with E-state index in [9.17, 15) is 19.2 Å². The van der Waals surface area contributed by atoms with Crippen molar-refractivity contribution < 1.29 is 29.4 Å². The number of hydrogen-bond acceptors (Lipinski definition) is 6. The number of carboxylic acids is 2. The fourth-order valence-electron chi connectivity index (χ4n) is 1.27. The molecular weight excluding hydrogens is 246 g/mol. The molecule has 0 bridgehead atoms. The minimum absolute atomic E-state index is 0.422. The lowest BCUT2D eigenvalue weighted by Crippen LogP contribution is -2.60. The summed E-state index contributed by atoms with van der Waals surface area (Å²) in [7, 11) is 0. The van der Waals surface area contributed by atoms with Gasteiger partial charge in [0, 0.05) is 6.42 Å². The molecule has 0 spiro atoms. The predicted octanol–water partition coefficient (Wildman–Crippen LogP) is -2.59. The Balaban J connectivity index is 4.97. The molecule has 18 heavy (non-hydrogen) atoms. The second-order valence-corrected chi connectivity index (χ2v) is 3.81. The molecule has 0 unspecified atom stereocenters. The van der Waals surface area contributed by atoms with E-state index in [1.165, 1.54) is 0 Å². The first-order chi connectivity index (χ1) is 8.11. The highest BCUT2D eigenvalue weighted by atomic mass is 16.4. The monoisotopic (exact) mass is 261 g/mol. The van der Waals surface area contributed by atoms with Crippen molar-refractivity contribution in [2.75, 3.05) is 0 Å². The highest BCUT2D eigenvalue weighted by Gasteiger charge is 2.44. The maximum Gasteiger partial charge on any atom is 0.331 e. The van der Waals surface area contributed by atoms with E-state index >= 15 is 0 Å². The standard InChI is InChI=1S/C9H15N3O6/c10-4(3-6(14)15)7(16)9(12,8(17)18)2-1-5(11)13/h4H,1-3,10,12H2,(H2,11,13)(H,14,15)(H,17,18)/t4-,9+/m0/s1. The van der Waals surface area contributed by atoms with E-state index in [1.54, 1.807) is 0 Å². The van der Waals surface area contributed by atoms with Gasteiger partial charge in [0.1, 0.15) is 0 Å². The highest BCUT2D eigenvalue weighted by molar-refractivity contribution is 6.10. The van der Waals surface area contributed by atoms with Crippen molar-refractivity contribution in [2.45, 2.75) is 30.8 Å². The maximum absolute atomic E-state index is 11.7.